The molecule has 0 fully saturated rings. The molecule has 2 atom stereocenters. The Hall–Kier alpha value is -1.04. The standard InChI is InChI=1S/C14H20N2O2S/c1-10(14(17)15-7-8-18-2)16-12-9-19-13-6-4-3-5-11(12)13/h3-6,10,12,16H,7-9H2,1-2H3,(H,15,17). The first kappa shape index (κ1) is 14.4. The van der Waals surface area contributed by atoms with Gasteiger partial charge in [-0.15, -0.1) is 11.8 Å². The van der Waals surface area contributed by atoms with E-state index in [0.29, 0.717) is 13.2 Å². The van der Waals surface area contributed by atoms with Crippen molar-refractivity contribution in [3.8, 4) is 0 Å². The number of benzene rings is 1. The summed E-state index contributed by atoms with van der Waals surface area (Å²) in [6.45, 7) is 2.99. The Morgan fingerprint density at radius 3 is 3.11 bits per heavy atom. The summed E-state index contributed by atoms with van der Waals surface area (Å²) in [7, 11) is 1.63. The van der Waals surface area contributed by atoms with Gasteiger partial charge in [0.2, 0.25) is 5.91 Å². The zero-order chi connectivity index (χ0) is 13.7. The average Bonchev–Trinajstić information content (AvgIpc) is 2.82. The fraction of sp³-hybridized carbons (Fsp3) is 0.500. The van der Waals surface area contributed by atoms with E-state index >= 15 is 0 Å². The summed E-state index contributed by atoms with van der Waals surface area (Å²) in [5.41, 5.74) is 1.30. The van der Waals surface area contributed by atoms with Crippen LogP contribution in [0.4, 0.5) is 0 Å². The summed E-state index contributed by atoms with van der Waals surface area (Å²) >= 11 is 1.84. The normalized spacial score (nSPS) is 18.9. The van der Waals surface area contributed by atoms with Crippen LogP contribution in [0.2, 0.25) is 0 Å². The van der Waals surface area contributed by atoms with Crippen LogP contribution in [0.15, 0.2) is 29.2 Å². The first-order chi connectivity index (χ1) is 9.22. The molecule has 0 saturated carbocycles. The van der Waals surface area contributed by atoms with Crippen LogP contribution in [0.1, 0.15) is 18.5 Å². The molecule has 0 saturated heterocycles. The average molecular weight is 280 g/mol. The molecule has 1 aliphatic rings. The van der Waals surface area contributed by atoms with Crippen LogP contribution in [0.25, 0.3) is 0 Å². The summed E-state index contributed by atoms with van der Waals surface area (Å²) in [4.78, 5) is 13.2. The van der Waals surface area contributed by atoms with Crippen LogP contribution in [0.3, 0.4) is 0 Å². The molecule has 2 N–H and O–H groups in total. The maximum atomic E-state index is 11.9. The number of hydrogen-bond acceptors (Lipinski definition) is 4. The maximum Gasteiger partial charge on any atom is 0.236 e. The lowest BCUT2D eigenvalue weighted by atomic mass is 10.1. The molecule has 0 spiro atoms. The lowest BCUT2D eigenvalue weighted by Gasteiger charge is -2.19. The van der Waals surface area contributed by atoms with Gasteiger partial charge < -0.3 is 10.1 Å². The van der Waals surface area contributed by atoms with Gasteiger partial charge in [-0.2, -0.15) is 0 Å². The second kappa shape index (κ2) is 6.93. The Kier molecular flexibility index (Phi) is 5.24. The van der Waals surface area contributed by atoms with E-state index < -0.39 is 0 Å². The van der Waals surface area contributed by atoms with E-state index in [1.807, 2.05) is 24.8 Å². The van der Waals surface area contributed by atoms with Gasteiger partial charge in [-0.1, -0.05) is 18.2 Å². The third-order valence-corrected chi connectivity index (χ3v) is 4.33. The van der Waals surface area contributed by atoms with Crippen molar-refractivity contribution in [1.29, 1.82) is 0 Å². The van der Waals surface area contributed by atoms with Crippen LogP contribution in [-0.4, -0.2) is 38.0 Å². The fourth-order valence-corrected chi connectivity index (χ4v) is 3.28. The summed E-state index contributed by atoms with van der Waals surface area (Å²) in [6, 6.07) is 8.41. The van der Waals surface area contributed by atoms with Crippen LogP contribution >= 0.6 is 11.8 Å². The molecule has 1 aliphatic heterocycles. The van der Waals surface area contributed by atoms with Gasteiger partial charge in [-0.3, -0.25) is 10.1 Å². The predicted molar refractivity (Wildman–Crippen MR) is 77.4 cm³/mol. The Balaban J connectivity index is 1.86. The Morgan fingerprint density at radius 2 is 2.32 bits per heavy atom. The number of hydrogen-bond donors (Lipinski definition) is 2. The van der Waals surface area contributed by atoms with Gasteiger partial charge in [0, 0.05) is 30.3 Å². The molecule has 4 nitrogen and oxygen atoms in total. The minimum atomic E-state index is -0.200. The summed E-state index contributed by atoms with van der Waals surface area (Å²) in [5, 5.41) is 6.24. The Labute approximate surface area is 118 Å². The van der Waals surface area contributed by atoms with Crippen molar-refractivity contribution >= 4 is 17.7 Å². The lowest BCUT2D eigenvalue weighted by molar-refractivity contribution is -0.123. The van der Waals surface area contributed by atoms with Crippen molar-refractivity contribution in [2.75, 3.05) is 26.0 Å². The minimum Gasteiger partial charge on any atom is -0.383 e. The second-order valence-electron chi connectivity index (χ2n) is 4.57. The number of nitrogens with one attached hydrogen (secondary N) is 2. The number of thioether (sulfide) groups is 1. The Bertz CT molecular complexity index is 439. The van der Waals surface area contributed by atoms with E-state index in [9.17, 15) is 4.79 Å². The lowest BCUT2D eigenvalue weighted by Crippen LogP contribution is -2.44. The van der Waals surface area contributed by atoms with Crippen LogP contribution < -0.4 is 10.6 Å². The SMILES string of the molecule is COCCNC(=O)C(C)NC1CSc2ccccc21. The molecule has 5 heteroatoms. The molecule has 2 unspecified atom stereocenters. The first-order valence-corrected chi connectivity index (χ1v) is 7.45. The molecule has 1 aromatic rings. The van der Waals surface area contributed by atoms with E-state index in [0.717, 1.165) is 5.75 Å². The highest BCUT2D eigenvalue weighted by Gasteiger charge is 2.25. The fourth-order valence-electron chi connectivity index (χ4n) is 2.11. The van der Waals surface area contributed by atoms with Crippen molar-refractivity contribution in [3.63, 3.8) is 0 Å². The number of rotatable bonds is 6. The first-order valence-electron chi connectivity index (χ1n) is 6.47. The monoisotopic (exact) mass is 280 g/mol. The molecule has 1 aromatic carbocycles. The molecule has 1 amide bonds. The predicted octanol–water partition coefficient (Wildman–Crippen LogP) is 1.57. The molecular weight excluding hydrogens is 260 g/mol. The Morgan fingerprint density at radius 1 is 1.53 bits per heavy atom. The summed E-state index contributed by atoms with van der Waals surface area (Å²) in [6.07, 6.45) is 0. The van der Waals surface area contributed by atoms with Gasteiger partial charge in [-0.25, -0.2) is 0 Å². The van der Waals surface area contributed by atoms with Crippen LogP contribution in [0, 0.1) is 0 Å². The van der Waals surface area contributed by atoms with Gasteiger partial charge in [0.25, 0.3) is 0 Å². The van der Waals surface area contributed by atoms with Gasteiger partial charge in [-0.05, 0) is 18.6 Å². The van der Waals surface area contributed by atoms with E-state index in [4.69, 9.17) is 4.74 Å². The largest absolute Gasteiger partial charge is 0.383 e. The van der Waals surface area contributed by atoms with Crippen LogP contribution in [-0.2, 0) is 9.53 Å². The highest BCUT2D eigenvalue weighted by Crippen LogP contribution is 2.37. The third kappa shape index (κ3) is 3.72. The minimum absolute atomic E-state index is 0.0198. The molecule has 104 valence electrons. The third-order valence-electron chi connectivity index (χ3n) is 3.15. The number of carbonyl (C=O) groups excluding carboxylic acids is 1. The number of carbonyl (C=O) groups is 1. The maximum absolute atomic E-state index is 11.9. The smallest absolute Gasteiger partial charge is 0.236 e. The number of fused-ring (bicyclic) bond motifs is 1. The summed E-state index contributed by atoms with van der Waals surface area (Å²) < 4.78 is 4.91. The zero-order valence-corrected chi connectivity index (χ0v) is 12.1. The molecule has 1 heterocycles. The van der Waals surface area contributed by atoms with Crippen molar-refractivity contribution < 1.29 is 9.53 Å². The van der Waals surface area contributed by atoms with Crippen molar-refractivity contribution in [2.45, 2.75) is 23.9 Å². The number of methoxy groups -OCH3 is 1. The van der Waals surface area contributed by atoms with Gasteiger partial charge >= 0.3 is 0 Å². The highest BCUT2D eigenvalue weighted by molar-refractivity contribution is 7.99. The topological polar surface area (TPSA) is 50.4 Å². The molecule has 0 aromatic heterocycles. The molecule has 0 bridgehead atoms. The van der Waals surface area contributed by atoms with Crippen LogP contribution in [0.5, 0.6) is 0 Å². The summed E-state index contributed by atoms with van der Waals surface area (Å²) in [5.74, 6) is 1.00. The zero-order valence-electron chi connectivity index (χ0n) is 11.3. The van der Waals surface area contributed by atoms with Crippen molar-refractivity contribution in [2.24, 2.45) is 0 Å². The van der Waals surface area contributed by atoms with Gasteiger partial charge in [0.05, 0.1) is 12.6 Å². The van der Waals surface area contributed by atoms with Crippen molar-refractivity contribution in [1.82, 2.24) is 10.6 Å². The second-order valence-corrected chi connectivity index (χ2v) is 5.64. The molecule has 2 rings (SSSR count). The highest BCUT2D eigenvalue weighted by atomic mass is 32.2. The molecule has 19 heavy (non-hydrogen) atoms. The number of ether oxygens (including phenoxy) is 1. The van der Waals surface area contributed by atoms with E-state index in [-0.39, 0.29) is 18.0 Å². The number of amides is 1. The molecular formula is C14H20N2O2S. The van der Waals surface area contributed by atoms with Gasteiger partial charge in [0.15, 0.2) is 0 Å². The van der Waals surface area contributed by atoms with E-state index in [1.165, 1.54) is 10.5 Å². The van der Waals surface area contributed by atoms with Gasteiger partial charge in [0.1, 0.15) is 0 Å². The van der Waals surface area contributed by atoms with E-state index in [2.05, 4.69) is 28.8 Å². The molecule has 0 aliphatic carbocycles. The van der Waals surface area contributed by atoms with Crippen molar-refractivity contribution in [3.05, 3.63) is 29.8 Å². The van der Waals surface area contributed by atoms with E-state index in [1.54, 1.807) is 7.11 Å². The quantitative estimate of drug-likeness (QED) is 0.777. The molecule has 0 radical (unpaired) electrons.